The molecule has 2 atom stereocenters. The van der Waals surface area contributed by atoms with Crippen LogP contribution in [0, 0.1) is 11.3 Å². The van der Waals surface area contributed by atoms with E-state index in [0.29, 0.717) is 19.5 Å². The molecule has 1 spiro atoms. The topological polar surface area (TPSA) is 50.5 Å². The maximum atomic E-state index is 13.1. The van der Waals surface area contributed by atoms with Crippen LogP contribution in [0.5, 0.6) is 0 Å². The molecule has 0 N–H and O–H groups in total. The SMILES string of the molecule is C=CCN1CC(C)C2(CCC/C(=C\C=C\c3ccco3)C2=O)C1=O. The molecule has 1 amide bonds. The quantitative estimate of drug-likeness (QED) is 0.482. The Balaban J connectivity index is 1.84. The van der Waals surface area contributed by atoms with Crippen molar-refractivity contribution in [2.24, 2.45) is 11.3 Å². The minimum Gasteiger partial charge on any atom is -0.465 e. The summed E-state index contributed by atoms with van der Waals surface area (Å²) in [6, 6.07) is 3.68. The molecule has 1 aromatic rings. The van der Waals surface area contributed by atoms with Gasteiger partial charge in [0.15, 0.2) is 5.78 Å². The monoisotopic (exact) mass is 325 g/mol. The van der Waals surface area contributed by atoms with Gasteiger partial charge in [0.25, 0.3) is 0 Å². The maximum absolute atomic E-state index is 13.1. The number of furan rings is 1. The zero-order chi connectivity index (χ0) is 17.2. The molecule has 0 bridgehead atoms. The summed E-state index contributed by atoms with van der Waals surface area (Å²) < 4.78 is 5.25. The molecule has 1 aliphatic carbocycles. The molecule has 3 rings (SSSR count). The predicted molar refractivity (Wildman–Crippen MR) is 93.1 cm³/mol. The summed E-state index contributed by atoms with van der Waals surface area (Å²) in [6.07, 6.45) is 11.1. The predicted octanol–water partition coefficient (Wildman–Crippen LogP) is 3.62. The summed E-state index contributed by atoms with van der Waals surface area (Å²) >= 11 is 0. The van der Waals surface area contributed by atoms with Crippen molar-refractivity contribution in [1.82, 2.24) is 4.90 Å². The second-order valence-corrected chi connectivity index (χ2v) is 6.62. The molecule has 2 heterocycles. The number of allylic oxidation sites excluding steroid dienone is 3. The molecule has 4 nitrogen and oxygen atoms in total. The lowest BCUT2D eigenvalue weighted by Crippen LogP contribution is -2.45. The number of hydrogen-bond acceptors (Lipinski definition) is 3. The second-order valence-electron chi connectivity index (χ2n) is 6.62. The minimum atomic E-state index is -0.869. The number of rotatable bonds is 4. The van der Waals surface area contributed by atoms with Gasteiger partial charge in [0.1, 0.15) is 11.2 Å². The van der Waals surface area contributed by atoms with Crippen molar-refractivity contribution in [1.29, 1.82) is 0 Å². The van der Waals surface area contributed by atoms with Gasteiger partial charge in [-0.05, 0) is 49.0 Å². The van der Waals surface area contributed by atoms with Crippen LogP contribution in [0.1, 0.15) is 31.9 Å². The largest absolute Gasteiger partial charge is 0.465 e. The fourth-order valence-corrected chi connectivity index (χ4v) is 3.93. The van der Waals surface area contributed by atoms with Crippen LogP contribution in [0.3, 0.4) is 0 Å². The third-order valence-electron chi connectivity index (χ3n) is 5.17. The zero-order valence-electron chi connectivity index (χ0n) is 14.0. The van der Waals surface area contributed by atoms with E-state index in [-0.39, 0.29) is 17.6 Å². The first-order chi connectivity index (χ1) is 11.6. The lowest BCUT2D eigenvalue weighted by atomic mass is 9.65. The van der Waals surface area contributed by atoms with Gasteiger partial charge in [0, 0.05) is 13.1 Å². The Kier molecular flexibility index (Phi) is 4.56. The van der Waals surface area contributed by atoms with E-state index < -0.39 is 5.41 Å². The van der Waals surface area contributed by atoms with Gasteiger partial charge in [0.2, 0.25) is 5.91 Å². The highest BCUT2D eigenvalue weighted by molar-refractivity contribution is 6.15. The third-order valence-corrected chi connectivity index (χ3v) is 5.17. The summed E-state index contributed by atoms with van der Waals surface area (Å²) in [5.74, 6) is 0.755. The minimum absolute atomic E-state index is 0.00177. The number of carbonyl (C=O) groups is 2. The first kappa shape index (κ1) is 16.5. The number of hydrogen-bond donors (Lipinski definition) is 0. The fourth-order valence-electron chi connectivity index (χ4n) is 3.93. The lowest BCUT2D eigenvalue weighted by Gasteiger charge is -2.34. The molecule has 2 fully saturated rings. The highest BCUT2D eigenvalue weighted by Crippen LogP contribution is 2.47. The average molecular weight is 325 g/mol. The molecule has 1 aliphatic heterocycles. The van der Waals surface area contributed by atoms with Crippen LogP contribution < -0.4 is 0 Å². The van der Waals surface area contributed by atoms with Crippen molar-refractivity contribution in [3.05, 3.63) is 54.5 Å². The molecule has 1 saturated heterocycles. The Morgan fingerprint density at radius 2 is 2.29 bits per heavy atom. The highest BCUT2D eigenvalue weighted by Gasteiger charge is 2.57. The van der Waals surface area contributed by atoms with Crippen LogP contribution in [-0.4, -0.2) is 29.7 Å². The van der Waals surface area contributed by atoms with E-state index >= 15 is 0 Å². The number of nitrogens with zero attached hydrogens (tertiary/aromatic N) is 1. The Labute approximate surface area is 142 Å². The van der Waals surface area contributed by atoms with Crippen LogP contribution in [0.25, 0.3) is 6.08 Å². The zero-order valence-corrected chi connectivity index (χ0v) is 14.0. The van der Waals surface area contributed by atoms with Crippen molar-refractivity contribution in [3.8, 4) is 0 Å². The first-order valence-corrected chi connectivity index (χ1v) is 8.45. The maximum Gasteiger partial charge on any atom is 0.237 e. The lowest BCUT2D eigenvalue weighted by molar-refractivity contribution is -0.145. The smallest absolute Gasteiger partial charge is 0.237 e. The van der Waals surface area contributed by atoms with Crippen molar-refractivity contribution < 1.29 is 14.0 Å². The van der Waals surface area contributed by atoms with Gasteiger partial charge >= 0.3 is 0 Å². The van der Waals surface area contributed by atoms with Gasteiger partial charge in [-0.2, -0.15) is 0 Å². The summed E-state index contributed by atoms with van der Waals surface area (Å²) in [5, 5.41) is 0. The molecule has 2 unspecified atom stereocenters. The van der Waals surface area contributed by atoms with E-state index in [1.807, 2.05) is 37.3 Å². The van der Waals surface area contributed by atoms with E-state index in [1.54, 1.807) is 17.2 Å². The Hall–Kier alpha value is -2.36. The van der Waals surface area contributed by atoms with Gasteiger partial charge in [-0.15, -0.1) is 6.58 Å². The highest BCUT2D eigenvalue weighted by atomic mass is 16.3. The molecular formula is C20H23NO3. The standard InChI is InChI=1S/C20H23NO3/c1-3-12-21-14-15(2)20(19(21)23)11-5-8-16(18(20)22)7-4-9-17-10-6-13-24-17/h3-4,6-7,9-10,13,15H,1,5,8,11-12,14H2,2H3/b9-4+,16-7+. The number of likely N-dealkylation sites (tertiary alicyclic amines) is 1. The molecule has 0 radical (unpaired) electrons. The number of ketones is 1. The van der Waals surface area contributed by atoms with Crippen molar-refractivity contribution in [3.63, 3.8) is 0 Å². The fraction of sp³-hybridized carbons (Fsp3) is 0.400. The molecule has 24 heavy (non-hydrogen) atoms. The molecule has 1 aromatic heterocycles. The van der Waals surface area contributed by atoms with E-state index in [0.717, 1.165) is 24.2 Å². The summed E-state index contributed by atoms with van der Waals surface area (Å²) in [4.78, 5) is 27.8. The summed E-state index contributed by atoms with van der Waals surface area (Å²) in [6.45, 7) is 6.86. The Morgan fingerprint density at radius 3 is 3.00 bits per heavy atom. The molecule has 0 aromatic carbocycles. The van der Waals surface area contributed by atoms with Crippen LogP contribution >= 0.6 is 0 Å². The van der Waals surface area contributed by atoms with Crippen molar-refractivity contribution in [2.75, 3.05) is 13.1 Å². The van der Waals surface area contributed by atoms with Gasteiger partial charge in [-0.25, -0.2) is 0 Å². The van der Waals surface area contributed by atoms with E-state index in [1.165, 1.54) is 0 Å². The van der Waals surface area contributed by atoms with E-state index in [4.69, 9.17) is 4.42 Å². The third kappa shape index (κ3) is 2.66. The van der Waals surface area contributed by atoms with Gasteiger partial charge < -0.3 is 9.32 Å². The van der Waals surface area contributed by atoms with Gasteiger partial charge in [-0.3, -0.25) is 9.59 Å². The number of amides is 1. The summed E-state index contributed by atoms with van der Waals surface area (Å²) in [7, 11) is 0. The van der Waals surface area contributed by atoms with Gasteiger partial charge in [-0.1, -0.05) is 25.2 Å². The van der Waals surface area contributed by atoms with Crippen LogP contribution in [-0.2, 0) is 9.59 Å². The average Bonchev–Trinajstić information content (AvgIpc) is 3.15. The van der Waals surface area contributed by atoms with Crippen LogP contribution in [0.15, 0.2) is 53.2 Å². The molecule has 126 valence electrons. The molecule has 1 saturated carbocycles. The van der Waals surface area contributed by atoms with E-state index in [2.05, 4.69) is 6.58 Å². The molecular weight excluding hydrogens is 302 g/mol. The molecule has 2 aliphatic rings. The number of Topliss-reactive ketones (excluding diaryl/α,β-unsaturated/α-hetero) is 1. The summed E-state index contributed by atoms with van der Waals surface area (Å²) in [5.41, 5.74) is -0.129. The first-order valence-electron chi connectivity index (χ1n) is 8.45. The Bertz CT molecular complexity index is 698. The van der Waals surface area contributed by atoms with E-state index in [9.17, 15) is 9.59 Å². The van der Waals surface area contributed by atoms with Gasteiger partial charge in [0.05, 0.1) is 6.26 Å². The number of carbonyl (C=O) groups excluding carboxylic acids is 2. The molecule has 4 heteroatoms. The van der Waals surface area contributed by atoms with Crippen LogP contribution in [0.2, 0.25) is 0 Å². The Morgan fingerprint density at radius 1 is 1.46 bits per heavy atom. The second kappa shape index (κ2) is 6.63. The van der Waals surface area contributed by atoms with Crippen molar-refractivity contribution >= 4 is 17.8 Å². The van der Waals surface area contributed by atoms with Crippen LogP contribution in [0.4, 0.5) is 0 Å². The van der Waals surface area contributed by atoms with Crippen molar-refractivity contribution in [2.45, 2.75) is 26.2 Å². The normalized spacial score (nSPS) is 29.3.